The summed E-state index contributed by atoms with van der Waals surface area (Å²) in [6, 6.07) is 3.28. The number of hydrogen-bond acceptors (Lipinski definition) is 5. The molecule has 3 rings (SSSR count). The number of anilines is 1. The standard InChI is InChI=1S/C15H23N3O3S/c19-14-6-2-1-5-13(14)17-15-8-7-12(11-16-15)22(20,21)18-9-3-4-10-18/h7-8,11,13-14,19H,1-6,9-10H2,(H,16,17)/t13-,14-/m0/s1. The predicted octanol–water partition coefficient (Wildman–Crippen LogP) is 1.58. The van der Waals surface area contributed by atoms with Gasteiger partial charge in [0.2, 0.25) is 10.0 Å². The van der Waals surface area contributed by atoms with E-state index in [9.17, 15) is 13.5 Å². The molecule has 7 heteroatoms. The molecule has 122 valence electrons. The van der Waals surface area contributed by atoms with Gasteiger partial charge in [0.1, 0.15) is 10.7 Å². The third-order valence-corrected chi connectivity index (χ3v) is 6.38. The first-order valence-electron chi connectivity index (χ1n) is 7.98. The van der Waals surface area contributed by atoms with Crippen LogP contribution in [-0.4, -0.2) is 48.0 Å². The van der Waals surface area contributed by atoms with Crippen LogP contribution in [0.1, 0.15) is 38.5 Å². The molecule has 0 radical (unpaired) electrons. The molecule has 1 aromatic rings. The summed E-state index contributed by atoms with van der Waals surface area (Å²) >= 11 is 0. The van der Waals surface area contributed by atoms with Crippen LogP contribution >= 0.6 is 0 Å². The lowest BCUT2D eigenvalue weighted by atomic mass is 9.92. The lowest BCUT2D eigenvalue weighted by molar-refractivity contribution is 0.116. The number of pyridine rings is 1. The molecule has 22 heavy (non-hydrogen) atoms. The second kappa shape index (κ2) is 6.52. The van der Waals surface area contributed by atoms with E-state index in [1.54, 1.807) is 12.1 Å². The second-order valence-corrected chi connectivity index (χ2v) is 8.03. The first-order valence-corrected chi connectivity index (χ1v) is 9.42. The topological polar surface area (TPSA) is 82.5 Å². The van der Waals surface area contributed by atoms with E-state index in [1.807, 2.05) is 0 Å². The minimum atomic E-state index is -3.41. The Morgan fingerprint density at radius 3 is 2.50 bits per heavy atom. The molecule has 1 saturated heterocycles. The van der Waals surface area contributed by atoms with Gasteiger partial charge >= 0.3 is 0 Å². The fourth-order valence-electron chi connectivity index (χ4n) is 3.17. The van der Waals surface area contributed by atoms with Crippen molar-refractivity contribution in [2.75, 3.05) is 18.4 Å². The molecular formula is C15H23N3O3S. The van der Waals surface area contributed by atoms with Gasteiger partial charge in [0.05, 0.1) is 12.1 Å². The number of nitrogens with zero attached hydrogens (tertiary/aromatic N) is 2. The number of sulfonamides is 1. The van der Waals surface area contributed by atoms with Gasteiger partial charge in [-0.1, -0.05) is 12.8 Å². The number of aliphatic hydroxyl groups excluding tert-OH is 1. The Morgan fingerprint density at radius 2 is 1.86 bits per heavy atom. The van der Waals surface area contributed by atoms with Crippen molar-refractivity contribution in [2.24, 2.45) is 0 Å². The minimum Gasteiger partial charge on any atom is -0.391 e. The zero-order chi connectivity index (χ0) is 15.6. The van der Waals surface area contributed by atoms with Crippen LogP contribution in [0.4, 0.5) is 5.82 Å². The molecule has 0 aromatic carbocycles. The highest BCUT2D eigenvalue weighted by Crippen LogP contribution is 2.23. The Labute approximate surface area is 131 Å². The van der Waals surface area contributed by atoms with Crippen LogP contribution in [0.2, 0.25) is 0 Å². The zero-order valence-corrected chi connectivity index (χ0v) is 13.4. The predicted molar refractivity (Wildman–Crippen MR) is 84.1 cm³/mol. The third kappa shape index (κ3) is 3.26. The van der Waals surface area contributed by atoms with E-state index >= 15 is 0 Å². The molecule has 2 atom stereocenters. The summed E-state index contributed by atoms with van der Waals surface area (Å²) in [5.41, 5.74) is 0. The summed E-state index contributed by atoms with van der Waals surface area (Å²) in [5.74, 6) is 0.617. The highest BCUT2D eigenvalue weighted by molar-refractivity contribution is 7.89. The summed E-state index contributed by atoms with van der Waals surface area (Å²) in [6.07, 6.45) is 6.76. The van der Waals surface area contributed by atoms with Crippen molar-refractivity contribution in [1.29, 1.82) is 0 Å². The van der Waals surface area contributed by atoms with Crippen molar-refractivity contribution < 1.29 is 13.5 Å². The first-order chi connectivity index (χ1) is 10.6. The van der Waals surface area contributed by atoms with Crippen molar-refractivity contribution in [2.45, 2.75) is 55.6 Å². The fraction of sp³-hybridized carbons (Fsp3) is 0.667. The van der Waals surface area contributed by atoms with E-state index < -0.39 is 10.0 Å². The summed E-state index contributed by atoms with van der Waals surface area (Å²) in [6.45, 7) is 1.19. The smallest absolute Gasteiger partial charge is 0.244 e. The summed E-state index contributed by atoms with van der Waals surface area (Å²) < 4.78 is 26.3. The van der Waals surface area contributed by atoms with Crippen LogP contribution in [0.15, 0.2) is 23.2 Å². The molecule has 0 spiro atoms. The van der Waals surface area contributed by atoms with E-state index in [4.69, 9.17) is 0 Å². The highest BCUT2D eigenvalue weighted by atomic mass is 32.2. The quantitative estimate of drug-likeness (QED) is 0.878. The average Bonchev–Trinajstić information content (AvgIpc) is 3.05. The van der Waals surface area contributed by atoms with E-state index in [0.29, 0.717) is 18.9 Å². The molecule has 0 bridgehead atoms. The average molecular weight is 325 g/mol. The Bertz CT molecular complexity index is 597. The number of rotatable bonds is 4. The normalized spacial score (nSPS) is 27.0. The molecule has 1 saturated carbocycles. The van der Waals surface area contributed by atoms with Gasteiger partial charge in [-0.3, -0.25) is 0 Å². The van der Waals surface area contributed by atoms with Gasteiger partial charge < -0.3 is 10.4 Å². The lowest BCUT2D eigenvalue weighted by Crippen LogP contribution is -2.36. The van der Waals surface area contributed by atoms with Gasteiger partial charge in [-0.25, -0.2) is 13.4 Å². The largest absolute Gasteiger partial charge is 0.391 e. The van der Waals surface area contributed by atoms with Gasteiger partial charge in [0, 0.05) is 19.3 Å². The Morgan fingerprint density at radius 1 is 1.14 bits per heavy atom. The van der Waals surface area contributed by atoms with E-state index in [2.05, 4.69) is 10.3 Å². The second-order valence-electron chi connectivity index (χ2n) is 6.09. The van der Waals surface area contributed by atoms with Crippen molar-refractivity contribution in [3.05, 3.63) is 18.3 Å². The Balaban J connectivity index is 1.69. The summed E-state index contributed by atoms with van der Waals surface area (Å²) in [7, 11) is -3.41. The molecule has 1 aliphatic carbocycles. The number of aromatic nitrogens is 1. The van der Waals surface area contributed by atoms with Gasteiger partial charge in [0.25, 0.3) is 0 Å². The maximum Gasteiger partial charge on any atom is 0.244 e. The van der Waals surface area contributed by atoms with Crippen molar-refractivity contribution >= 4 is 15.8 Å². The SMILES string of the molecule is O=S(=O)(c1ccc(N[C@H]2CCCC[C@@H]2O)nc1)N1CCCC1. The molecule has 2 fully saturated rings. The maximum atomic E-state index is 12.4. The third-order valence-electron chi connectivity index (χ3n) is 4.50. The van der Waals surface area contributed by atoms with Crippen LogP contribution in [0, 0.1) is 0 Å². The van der Waals surface area contributed by atoms with Crippen LogP contribution in [-0.2, 0) is 10.0 Å². The molecule has 1 aromatic heterocycles. The van der Waals surface area contributed by atoms with E-state index in [1.165, 1.54) is 10.5 Å². The molecule has 1 aliphatic heterocycles. The van der Waals surface area contributed by atoms with Gasteiger partial charge in [0.15, 0.2) is 0 Å². The van der Waals surface area contributed by atoms with Crippen LogP contribution in [0.3, 0.4) is 0 Å². The van der Waals surface area contributed by atoms with Gasteiger partial charge in [-0.15, -0.1) is 0 Å². The van der Waals surface area contributed by atoms with Crippen LogP contribution in [0.5, 0.6) is 0 Å². The Hall–Kier alpha value is -1.18. The van der Waals surface area contributed by atoms with Crippen LogP contribution < -0.4 is 5.32 Å². The van der Waals surface area contributed by atoms with Gasteiger partial charge in [-0.2, -0.15) is 4.31 Å². The fourth-order valence-corrected chi connectivity index (χ4v) is 4.63. The van der Waals surface area contributed by atoms with E-state index in [-0.39, 0.29) is 17.0 Å². The van der Waals surface area contributed by atoms with Crippen molar-refractivity contribution in [3.63, 3.8) is 0 Å². The first kappa shape index (κ1) is 15.7. The Kier molecular flexibility index (Phi) is 4.65. The van der Waals surface area contributed by atoms with Crippen molar-refractivity contribution in [3.8, 4) is 0 Å². The van der Waals surface area contributed by atoms with Crippen LogP contribution in [0.25, 0.3) is 0 Å². The van der Waals surface area contributed by atoms with Crippen molar-refractivity contribution in [1.82, 2.24) is 9.29 Å². The van der Waals surface area contributed by atoms with E-state index in [0.717, 1.165) is 38.5 Å². The molecule has 2 N–H and O–H groups in total. The maximum absolute atomic E-state index is 12.4. The number of hydrogen-bond donors (Lipinski definition) is 2. The minimum absolute atomic E-state index is 0.00212. The molecule has 0 unspecified atom stereocenters. The summed E-state index contributed by atoms with van der Waals surface area (Å²) in [5, 5.41) is 13.2. The van der Waals surface area contributed by atoms with Gasteiger partial charge in [-0.05, 0) is 37.8 Å². The number of aliphatic hydroxyl groups is 1. The highest BCUT2D eigenvalue weighted by Gasteiger charge is 2.28. The summed E-state index contributed by atoms with van der Waals surface area (Å²) in [4.78, 5) is 4.46. The molecule has 2 aliphatic rings. The number of nitrogens with one attached hydrogen (secondary N) is 1. The molecule has 2 heterocycles. The monoisotopic (exact) mass is 325 g/mol. The molecule has 0 amide bonds. The molecule has 6 nitrogen and oxygen atoms in total. The molecular weight excluding hydrogens is 302 g/mol. The lowest BCUT2D eigenvalue weighted by Gasteiger charge is -2.28. The zero-order valence-electron chi connectivity index (χ0n) is 12.6.